The van der Waals surface area contributed by atoms with Crippen molar-refractivity contribution in [3.63, 3.8) is 0 Å². The van der Waals surface area contributed by atoms with E-state index in [1.165, 1.54) is 0 Å². The summed E-state index contributed by atoms with van der Waals surface area (Å²) in [5, 5.41) is 0.805. The summed E-state index contributed by atoms with van der Waals surface area (Å²) in [4.78, 5) is 4.13. The van der Waals surface area contributed by atoms with Crippen molar-refractivity contribution in [2.24, 2.45) is 0 Å². The predicted octanol–water partition coefficient (Wildman–Crippen LogP) is 4.21. The average Bonchev–Trinajstić information content (AvgIpc) is 2.60. The second-order valence-electron chi connectivity index (χ2n) is 3.07. The van der Waals surface area contributed by atoms with Gasteiger partial charge in [0, 0.05) is 12.0 Å². The summed E-state index contributed by atoms with van der Waals surface area (Å²) >= 11 is 11.8. The van der Waals surface area contributed by atoms with Crippen LogP contribution in [0, 0.1) is 0 Å². The molecule has 0 aliphatic carbocycles. The summed E-state index contributed by atoms with van der Waals surface area (Å²) in [7, 11) is 0. The first-order valence-corrected chi connectivity index (χ1v) is 5.38. The van der Waals surface area contributed by atoms with Gasteiger partial charge in [0.25, 0.3) is 5.35 Å². The van der Waals surface area contributed by atoms with Crippen LogP contribution < -0.4 is 0 Å². The van der Waals surface area contributed by atoms with Crippen molar-refractivity contribution < 1.29 is 4.42 Å². The monoisotopic (exact) mass is 241 g/mol. The number of aromatic nitrogens is 1. The molecule has 1 heterocycles. The van der Waals surface area contributed by atoms with Gasteiger partial charge in [-0.1, -0.05) is 36.7 Å². The molecule has 2 aromatic rings. The lowest BCUT2D eigenvalue weighted by atomic mass is 10.1. The fourth-order valence-electron chi connectivity index (χ4n) is 1.43. The maximum Gasteiger partial charge on any atom is 0.292 e. The zero-order valence-electron chi connectivity index (χ0n) is 8.13. The number of benzene rings is 1. The van der Waals surface area contributed by atoms with E-state index in [4.69, 9.17) is 27.6 Å². The lowest BCUT2D eigenvalue weighted by molar-refractivity contribution is 0.513. The van der Waals surface area contributed by atoms with Crippen LogP contribution in [0.1, 0.15) is 12.7 Å². The number of hydrogen-bond donors (Lipinski definition) is 0. The minimum Gasteiger partial charge on any atom is -0.432 e. The lowest BCUT2D eigenvalue weighted by Gasteiger charge is -2.00. The van der Waals surface area contributed by atoms with E-state index in [1.54, 1.807) is 0 Å². The van der Waals surface area contributed by atoms with Gasteiger partial charge >= 0.3 is 0 Å². The summed E-state index contributed by atoms with van der Waals surface area (Å²) in [6.45, 7) is 1.98. The van der Waals surface area contributed by atoms with Crippen LogP contribution in [-0.2, 0) is 6.42 Å². The summed E-state index contributed by atoms with van der Waals surface area (Å²) in [5.41, 5.74) is 1.58. The van der Waals surface area contributed by atoms with Gasteiger partial charge in [0.1, 0.15) is 11.5 Å². The van der Waals surface area contributed by atoms with Gasteiger partial charge in [-0.2, -0.15) is 4.98 Å². The van der Waals surface area contributed by atoms with E-state index in [2.05, 4.69) is 4.98 Å². The predicted molar refractivity (Wildman–Crippen MR) is 61.3 cm³/mol. The summed E-state index contributed by atoms with van der Waals surface area (Å²) in [6, 6.07) is 7.50. The van der Waals surface area contributed by atoms with Crippen LogP contribution >= 0.6 is 23.2 Å². The maximum absolute atomic E-state index is 6.07. The molecule has 0 saturated heterocycles. The third-order valence-electron chi connectivity index (χ3n) is 2.12. The van der Waals surface area contributed by atoms with Crippen molar-refractivity contribution in [1.82, 2.24) is 4.98 Å². The van der Waals surface area contributed by atoms with Crippen LogP contribution in [0.3, 0.4) is 0 Å². The molecule has 15 heavy (non-hydrogen) atoms. The van der Waals surface area contributed by atoms with E-state index < -0.39 is 0 Å². The number of oxazole rings is 1. The number of hydrogen-bond acceptors (Lipinski definition) is 2. The Kier molecular flexibility index (Phi) is 2.98. The minimum atomic E-state index is 0.154. The second kappa shape index (κ2) is 4.25. The van der Waals surface area contributed by atoms with Gasteiger partial charge in [-0.25, -0.2) is 0 Å². The van der Waals surface area contributed by atoms with Crippen LogP contribution in [0.2, 0.25) is 10.4 Å². The Labute approximate surface area is 97.8 Å². The number of nitrogens with zero attached hydrogens (tertiary/aromatic N) is 1. The van der Waals surface area contributed by atoms with Crippen LogP contribution in [0.25, 0.3) is 11.3 Å². The van der Waals surface area contributed by atoms with E-state index in [0.717, 1.165) is 23.4 Å². The molecular formula is C11H9Cl2NO. The molecule has 0 atom stereocenters. The Morgan fingerprint density at radius 3 is 2.67 bits per heavy atom. The highest BCUT2D eigenvalue weighted by atomic mass is 35.5. The van der Waals surface area contributed by atoms with Gasteiger partial charge in [-0.05, 0) is 17.7 Å². The highest BCUT2D eigenvalue weighted by Crippen LogP contribution is 2.31. The van der Waals surface area contributed by atoms with Crippen molar-refractivity contribution >= 4 is 23.2 Å². The smallest absolute Gasteiger partial charge is 0.292 e. The van der Waals surface area contributed by atoms with Crippen molar-refractivity contribution in [2.75, 3.05) is 0 Å². The molecule has 0 unspecified atom stereocenters. The van der Waals surface area contributed by atoms with Gasteiger partial charge in [0.15, 0.2) is 0 Å². The molecule has 0 amide bonds. The molecule has 1 aromatic heterocycles. The van der Waals surface area contributed by atoms with Crippen molar-refractivity contribution in [2.45, 2.75) is 13.3 Å². The molecule has 78 valence electrons. The SMILES string of the molecule is CCc1oc(Cl)nc1-c1ccccc1Cl. The number of halogens is 2. The minimum absolute atomic E-state index is 0.154. The Bertz CT molecular complexity index is 479. The average molecular weight is 242 g/mol. The molecule has 2 rings (SSSR count). The van der Waals surface area contributed by atoms with Crippen LogP contribution in [-0.4, -0.2) is 4.98 Å². The van der Waals surface area contributed by atoms with Gasteiger partial charge in [-0.15, -0.1) is 0 Å². The van der Waals surface area contributed by atoms with E-state index in [1.807, 2.05) is 31.2 Å². The summed E-state index contributed by atoms with van der Waals surface area (Å²) in [5.74, 6) is 0.758. The molecule has 0 spiro atoms. The molecule has 1 aromatic carbocycles. The van der Waals surface area contributed by atoms with Crippen molar-refractivity contribution in [3.8, 4) is 11.3 Å². The van der Waals surface area contributed by atoms with Gasteiger partial charge in [-0.3, -0.25) is 0 Å². The van der Waals surface area contributed by atoms with Crippen LogP contribution in [0.4, 0.5) is 0 Å². The topological polar surface area (TPSA) is 26.0 Å². The molecule has 0 bridgehead atoms. The second-order valence-corrected chi connectivity index (χ2v) is 3.80. The first kappa shape index (κ1) is 10.5. The molecule has 0 N–H and O–H groups in total. The van der Waals surface area contributed by atoms with E-state index in [-0.39, 0.29) is 5.35 Å². The fraction of sp³-hybridized carbons (Fsp3) is 0.182. The Morgan fingerprint density at radius 2 is 2.00 bits per heavy atom. The molecule has 0 aliphatic rings. The van der Waals surface area contributed by atoms with Gasteiger partial charge < -0.3 is 4.42 Å². The maximum atomic E-state index is 6.07. The molecule has 2 nitrogen and oxygen atoms in total. The van der Waals surface area contributed by atoms with Crippen molar-refractivity contribution in [3.05, 3.63) is 40.4 Å². The quantitative estimate of drug-likeness (QED) is 0.788. The highest BCUT2D eigenvalue weighted by Gasteiger charge is 2.14. The van der Waals surface area contributed by atoms with Crippen molar-refractivity contribution in [1.29, 1.82) is 0 Å². The molecular weight excluding hydrogens is 233 g/mol. The van der Waals surface area contributed by atoms with E-state index in [0.29, 0.717) is 5.02 Å². The fourth-order valence-corrected chi connectivity index (χ4v) is 1.83. The van der Waals surface area contributed by atoms with Gasteiger partial charge in [0.05, 0.1) is 5.02 Å². The third-order valence-corrected chi connectivity index (χ3v) is 2.61. The first-order chi connectivity index (χ1) is 7.22. The highest BCUT2D eigenvalue weighted by molar-refractivity contribution is 6.33. The normalized spacial score (nSPS) is 10.6. The van der Waals surface area contributed by atoms with E-state index in [9.17, 15) is 0 Å². The summed E-state index contributed by atoms with van der Waals surface area (Å²) < 4.78 is 5.27. The zero-order valence-corrected chi connectivity index (χ0v) is 9.64. The summed E-state index contributed by atoms with van der Waals surface area (Å²) in [6.07, 6.45) is 0.736. The molecule has 0 radical (unpaired) electrons. The van der Waals surface area contributed by atoms with Crippen LogP contribution in [0.5, 0.6) is 0 Å². The Hall–Kier alpha value is -0.990. The molecule has 0 saturated carbocycles. The third kappa shape index (κ3) is 2.01. The van der Waals surface area contributed by atoms with Crippen LogP contribution in [0.15, 0.2) is 28.7 Å². The standard InChI is InChI=1S/C11H9Cl2NO/c1-2-9-10(14-11(13)15-9)7-5-3-4-6-8(7)12/h3-6H,2H2,1H3. The Balaban J connectivity index is 2.58. The zero-order chi connectivity index (χ0) is 10.8. The first-order valence-electron chi connectivity index (χ1n) is 4.62. The number of rotatable bonds is 2. The largest absolute Gasteiger partial charge is 0.432 e. The Morgan fingerprint density at radius 1 is 1.27 bits per heavy atom. The molecule has 4 heteroatoms. The molecule has 0 fully saturated rings. The number of aryl methyl sites for hydroxylation is 1. The lowest BCUT2D eigenvalue weighted by Crippen LogP contribution is -1.84. The molecule has 0 aliphatic heterocycles. The van der Waals surface area contributed by atoms with E-state index >= 15 is 0 Å². The van der Waals surface area contributed by atoms with Gasteiger partial charge in [0.2, 0.25) is 0 Å².